The third-order valence-corrected chi connectivity index (χ3v) is 3.30. The number of amides is 1. The van der Waals surface area contributed by atoms with Gasteiger partial charge in [0.1, 0.15) is 0 Å². The number of aryl methyl sites for hydroxylation is 3. The van der Waals surface area contributed by atoms with Crippen LogP contribution in [0.3, 0.4) is 0 Å². The van der Waals surface area contributed by atoms with E-state index in [9.17, 15) is 4.79 Å². The first-order valence-corrected chi connectivity index (χ1v) is 6.96. The summed E-state index contributed by atoms with van der Waals surface area (Å²) in [6, 6.07) is 14.3. The molecule has 0 fully saturated rings. The normalized spacial score (nSPS) is 10.3. The molecule has 2 aromatic rings. The van der Waals surface area contributed by atoms with Crippen molar-refractivity contribution in [1.82, 2.24) is 5.32 Å². The lowest BCUT2D eigenvalue weighted by Crippen LogP contribution is -2.25. The summed E-state index contributed by atoms with van der Waals surface area (Å²) in [6.45, 7) is 6.76. The van der Waals surface area contributed by atoms with E-state index in [1.54, 1.807) is 0 Å². The van der Waals surface area contributed by atoms with Crippen LogP contribution in [-0.2, 0) is 6.42 Å². The predicted molar refractivity (Wildman–Crippen MR) is 83.1 cm³/mol. The number of carbonyl (C=O) groups is 1. The fraction of sp³-hybridized carbons (Fsp3) is 0.278. The van der Waals surface area contributed by atoms with Crippen LogP contribution in [0.4, 0.5) is 0 Å². The zero-order valence-corrected chi connectivity index (χ0v) is 12.4. The van der Waals surface area contributed by atoms with Gasteiger partial charge in [0.25, 0.3) is 5.91 Å². The lowest BCUT2D eigenvalue weighted by Gasteiger charge is -2.07. The number of nitrogens with one attached hydrogen (secondary N) is 1. The van der Waals surface area contributed by atoms with Gasteiger partial charge in [-0.2, -0.15) is 0 Å². The molecule has 0 aliphatic rings. The van der Waals surface area contributed by atoms with Gasteiger partial charge in [0.05, 0.1) is 0 Å². The van der Waals surface area contributed by atoms with Gasteiger partial charge in [0.15, 0.2) is 0 Å². The third kappa shape index (κ3) is 3.95. The summed E-state index contributed by atoms with van der Waals surface area (Å²) in [5, 5.41) is 2.98. The molecule has 0 unspecified atom stereocenters. The van der Waals surface area contributed by atoms with E-state index >= 15 is 0 Å². The Morgan fingerprint density at radius 3 is 2.10 bits per heavy atom. The Morgan fingerprint density at radius 2 is 1.50 bits per heavy atom. The molecule has 20 heavy (non-hydrogen) atoms. The van der Waals surface area contributed by atoms with Crippen molar-refractivity contribution < 1.29 is 4.79 Å². The molecule has 2 nitrogen and oxygen atoms in total. The van der Waals surface area contributed by atoms with E-state index in [2.05, 4.69) is 42.6 Å². The SMILES string of the molecule is Cc1ccc(CCNC(=O)c2cc(C)cc(C)c2)cc1. The van der Waals surface area contributed by atoms with E-state index in [0.717, 1.165) is 23.1 Å². The molecule has 0 saturated heterocycles. The Bertz CT molecular complexity index is 579. The van der Waals surface area contributed by atoms with Crippen molar-refractivity contribution in [2.45, 2.75) is 27.2 Å². The highest BCUT2D eigenvalue weighted by Crippen LogP contribution is 2.09. The maximum atomic E-state index is 12.1. The topological polar surface area (TPSA) is 29.1 Å². The highest BCUT2D eigenvalue weighted by Gasteiger charge is 2.06. The zero-order valence-electron chi connectivity index (χ0n) is 12.4. The maximum absolute atomic E-state index is 12.1. The number of hydrogen-bond donors (Lipinski definition) is 1. The van der Waals surface area contributed by atoms with E-state index in [-0.39, 0.29) is 5.91 Å². The number of carbonyl (C=O) groups excluding carboxylic acids is 1. The fourth-order valence-electron chi connectivity index (χ4n) is 2.28. The highest BCUT2D eigenvalue weighted by atomic mass is 16.1. The van der Waals surface area contributed by atoms with Gasteiger partial charge in [-0.1, -0.05) is 47.0 Å². The molecule has 0 radical (unpaired) electrons. The van der Waals surface area contributed by atoms with Crippen LogP contribution < -0.4 is 5.32 Å². The van der Waals surface area contributed by atoms with Crippen molar-refractivity contribution >= 4 is 5.91 Å². The predicted octanol–water partition coefficient (Wildman–Crippen LogP) is 3.58. The molecule has 0 bridgehead atoms. The number of hydrogen-bond acceptors (Lipinski definition) is 1. The second-order valence-electron chi connectivity index (χ2n) is 5.37. The average Bonchev–Trinajstić information content (AvgIpc) is 2.40. The summed E-state index contributed by atoms with van der Waals surface area (Å²) in [6.07, 6.45) is 0.858. The van der Waals surface area contributed by atoms with Crippen LogP contribution in [0.5, 0.6) is 0 Å². The van der Waals surface area contributed by atoms with Crippen LogP contribution in [0.25, 0.3) is 0 Å². The van der Waals surface area contributed by atoms with E-state index in [1.165, 1.54) is 11.1 Å². The minimum Gasteiger partial charge on any atom is -0.352 e. The van der Waals surface area contributed by atoms with Gasteiger partial charge < -0.3 is 5.32 Å². The van der Waals surface area contributed by atoms with Crippen molar-refractivity contribution in [2.24, 2.45) is 0 Å². The molecule has 1 N–H and O–H groups in total. The van der Waals surface area contributed by atoms with Crippen molar-refractivity contribution in [3.05, 3.63) is 70.3 Å². The molecule has 2 heteroatoms. The van der Waals surface area contributed by atoms with Gasteiger partial charge in [-0.05, 0) is 44.9 Å². The molecule has 0 aromatic heterocycles. The molecular weight excluding hydrogens is 246 g/mol. The minimum atomic E-state index is 0.00362. The van der Waals surface area contributed by atoms with Crippen LogP contribution in [-0.4, -0.2) is 12.5 Å². The Hall–Kier alpha value is -2.09. The molecular formula is C18H21NO. The van der Waals surface area contributed by atoms with Crippen LogP contribution in [0.1, 0.15) is 32.6 Å². The molecule has 2 aromatic carbocycles. The second kappa shape index (κ2) is 6.38. The molecule has 0 aliphatic heterocycles. The van der Waals surface area contributed by atoms with Crippen molar-refractivity contribution in [2.75, 3.05) is 6.54 Å². The zero-order chi connectivity index (χ0) is 14.5. The second-order valence-corrected chi connectivity index (χ2v) is 5.37. The first-order valence-electron chi connectivity index (χ1n) is 6.96. The molecule has 0 saturated carbocycles. The number of rotatable bonds is 4. The van der Waals surface area contributed by atoms with Gasteiger partial charge >= 0.3 is 0 Å². The van der Waals surface area contributed by atoms with Gasteiger partial charge in [-0.3, -0.25) is 4.79 Å². The monoisotopic (exact) mass is 267 g/mol. The molecule has 0 atom stereocenters. The third-order valence-electron chi connectivity index (χ3n) is 3.30. The first kappa shape index (κ1) is 14.3. The van der Waals surface area contributed by atoms with Crippen LogP contribution in [0.15, 0.2) is 42.5 Å². The van der Waals surface area contributed by atoms with E-state index in [1.807, 2.05) is 26.0 Å². The minimum absolute atomic E-state index is 0.00362. The summed E-state index contributed by atoms with van der Waals surface area (Å²) in [5.74, 6) is 0.00362. The number of benzene rings is 2. The summed E-state index contributed by atoms with van der Waals surface area (Å²) in [7, 11) is 0. The lowest BCUT2D eigenvalue weighted by molar-refractivity contribution is 0.0954. The van der Waals surface area contributed by atoms with Crippen LogP contribution in [0, 0.1) is 20.8 Å². The highest BCUT2D eigenvalue weighted by molar-refractivity contribution is 5.94. The summed E-state index contributed by atoms with van der Waals surface area (Å²) >= 11 is 0. The Morgan fingerprint density at radius 1 is 0.900 bits per heavy atom. The average molecular weight is 267 g/mol. The molecule has 0 spiro atoms. The smallest absolute Gasteiger partial charge is 0.251 e. The van der Waals surface area contributed by atoms with E-state index in [0.29, 0.717) is 6.54 Å². The first-order chi connectivity index (χ1) is 9.54. The lowest BCUT2D eigenvalue weighted by atomic mass is 10.1. The van der Waals surface area contributed by atoms with Crippen molar-refractivity contribution in [3.63, 3.8) is 0 Å². The van der Waals surface area contributed by atoms with E-state index in [4.69, 9.17) is 0 Å². The maximum Gasteiger partial charge on any atom is 0.251 e. The summed E-state index contributed by atoms with van der Waals surface area (Å²) < 4.78 is 0. The molecule has 0 aliphatic carbocycles. The summed E-state index contributed by atoms with van der Waals surface area (Å²) in [4.78, 5) is 12.1. The van der Waals surface area contributed by atoms with E-state index < -0.39 is 0 Å². The van der Waals surface area contributed by atoms with Gasteiger partial charge in [-0.15, -0.1) is 0 Å². The Kier molecular flexibility index (Phi) is 4.57. The van der Waals surface area contributed by atoms with Crippen molar-refractivity contribution in [1.29, 1.82) is 0 Å². The summed E-state index contributed by atoms with van der Waals surface area (Å²) in [5.41, 5.74) is 5.48. The van der Waals surface area contributed by atoms with Gasteiger partial charge in [0, 0.05) is 12.1 Å². The molecule has 2 rings (SSSR count). The molecule has 1 amide bonds. The van der Waals surface area contributed by atoms with Gasteiger partial charge in [0.2, 0.25) is 0 Å². The van der Waals surface area contributed by atoms with Crippen LogP contribution in [0.2, 0.25) is 0 Å². The molecule has 0 heterocycles. The van der Waals surface area contributed by atoms with Gasteiger partial charge in [-0.25, -0.2) is 0 Å². The quantitative estimate of drug-likeness (QED) is 0.901. The Balaban J connectivity index is 1.90. The van der Waals surface area contributed by atoms with Crippen molar-refractivity contribution in [3.8, 4) is 0 Å². The van der Waals surface area contributed by atoms with Crippen LogP contribution >= 0.6 is 0 Å². The largest absolute Gasteiger partial charge is 0.352 e. The standard InChI is InChI=1S/C18H21NO/c1-13-4-6-16(7-5-13)8-9-19-18(20)17-11-14(2)10-15(3)12-17/h4-7,10-12H,8-9H2,1-3H3,(H,19,20). The molecule has 104 valence electrons. The fourth-order valence-corrected chi connectivity index (χ4v) is 2.28. The Labute approximate surface area is 120 Å².